The number of hydrogen-bond donors (Lipinski definition) is 0. The summed E-state index contributed by atoms with van der Waals surface area (Å²) < 4.78 is 0. The van der Waals surface area contributed by atoms with Gasteiger partial charge in [-0.1, -0.05) is 36.9 Å². The summed E-state index contributed by atoms with van der Waals surface area (Å²) in [4.78, 5) is 4.01. The van der Waals surface area contributed by atoms with E-state index < -0.39 is 0 Å². The van der Waals surface area contributed by atoms with Gasteiger partial charge in [0.15, 0.2) is 0 Å². The first kappa shape index (κ1) is 11.0. The van der Waals surface area contributed by atoms with E-state index in [1.54, 1.807) is 0 Å². The van der Waals surface area contributed by atoms with Crippen LogP contribution in [0.1, 0.15) is 5.56 Å². The zero-order valence-corrected chi connectivity index (χ0v) is 9.24. The Morgan fingerprint density at radius 3 is 2.45 bits per heavy atom. The van der Waals surface area contributed by atoms with E-state index in [2.05, 4.69) is 11.9 Å². The second-order valence-electron chi connectivity index (χ2n) is 1.95. The molecule has 0 heterocycles. The first-order valence-electron chi connectivity index (χ1n) is 3.27. The standard InChI is InChI=1S/C9H10N.Y/c1-2-10-8-9-6-4-3-5-7-9;/h3-8H,1-2H2;/q-1;. The van der Waals surface area contributed by atoms with Crippen LogP contribution >= 0.6 is 0 Å². The molecule has 0 aromatic heterocycles. The van der Waals surface area contributed by atoms with Gasteiger partial charge in [-0.25, -0.2) is 0 Å². The van der Waals surface area contributed by atoms with Gasteiger partial charge in [-0.3, -0.25) is 0 Å². The van der Waals surface area contributed by atoms with E-state index in [1.807, 2.05) is 36.5 Å². The molecule has 0 spiro atoms. The molecular formula is C9H10NY-. The minimum Gasteiger partial charge on any atom is -0.325 e. The van der Waals surface area contributed by atoms with Crippen molar-refractivity contribution in [3.05, 3.63) is 42.8 Å². The summed E-state index contributed by atoms with van der Waals surface area (Å²) in [6.45, 7) is 4.21. The number of nitrogens with zero attached hydrogens (tertiary/aromatic N) is 1. The van der Waals surface area contributed by atoms with Crippen molar-refractivity contribution in [1.29, 1.82) is 0 Å². The van der Waals surface area contributed by atoms with Crippen LogP contribution < -0.4 is 0 Å². The van der Waals surface area contributed by atoms with E-state index in [0.717, 1.165) is 5.56 Å². The molecule has 55 valence electrons. The maximum absolute atomic E-state index is 4.01. The van der Waals surface area contributed by atoms with Gasteiger partial charge < -0.3 is 11.9 Å². The SMILES string of the molecule is [CH2-]CN=Cc1ccccc1.[Y]. The van der Waals surface area contributed by atoms with Gasteiger partial charge in [0.2, 0.25) is 0 Å². The quantitative estimate of drug-likeness (QED) is 0.534. The summed E-state index contributed by atoms with van der Waals surface area (Å²) in [6.07, 6.45) is 1.83. The molecule has 0 amide bonds. The monoisotopic (exact) mass is 221 g/mol. The molecule has 0 unspecified atom stereocenters. The summed E-state index contributed by atoms with van der Waals surface area (Å²) in [6, 6.07) is 9.99. The van der Waals surface area contributed by atoms with Crippen LogP contribution in [-0.4, -0.2) is 12.8 Å². The minimum absolute atomic E-state index is 0. The number of rotatable bonds is 2. The Kier molecular flexibility index (Phi) is 6.68. The molecule has 0 aliphatic heterocycles. The van der Waals surface area contributed by atoms with Gasteiger partial charge in [-0.15, -0.1) is 0 Å². The Labute approximate surface area is 92.8 Å². The van der Waals surface area contributed by atoms with Crippen LogP contribution in [0.15, 0.2) is 35.3 Å². The molecule has 1 rings (SSSR count). The molecule has 0 saturated carbocycles. The Morgan fingerprint density at radius 2 is 1.91 bits per heavy atom. The van der Waals surface area contributed by atoms with Crippen molar-refractivity contribution < 1.29 is 32.7 Å². The normalized spacial score (nSPS) is 9.55. The van der Waals surface area contributed by atoms with Crippen LogP contribution in [0, 0.1) is 6.92 Å². The van der Waals surface area contributed by atoms with E-state index >= 15 is 0 Å². The summed E-state index contributed by atoms with van der Waals surface area (Å²) in [7, 11) is 0. The Hall–Kier alpha value is -0.00610. The maximum Gasteiger partial charge on any atom is 0.0252 e. The molecule has 11 heavy (non-hydrogen) atoms. The van der Waals surface area contributed by atoms with E-state index in [1.165, 1.54) is 0 Å². The number of hydrogen-bond acceptors (Lipinski definition) is 1. The average Bonchev–Trinajstić information content (AvgIpc) is 2.03. The Morgan fingerprint density at radius 1 is 1.27 bits per heavy atom. The molecule has 0 saturated heterocycles. The van der Waals surface area contributed by atoms with Crippen LogP contribution in [0.25, 0.3) is 0 Å². The third-order valence-corrected chi connectivity index (χ3v) is 1.17. The molecule has 0 fully saturated rings. The van der Waals surface area contributed by atoms with Crippen LogP contribution in [0.2, 0.25) is 0 Å². The minimum atomic E-state index is 0. The predicted octanol–water partition coefficient (Wildman–Crippen LogP) is 1.94. The average molecular weight is 221 g/mol. The Balaban J connectivity index is 0.000001000. The summed E-state index contributed by atoms with van der Waals surface area (Å²) >= 11 is 0. The Bertz CT molecular complexity index is 206. The smallest absolute Gasteiger partial charge is 0.0252 e. The fraction of sp³-hybridized carbons (Fsp3) is 0.111. The van der Waals surface area contributed by atoms with Crippen molar-refractivity contribution >= 4 is 6.21 Å². The predicted molar refractivity (Wildman–Crippen MR) is 44.3 cm³/mol. The molecule has 1 radical (unpaired) electrons. The number of aliphatic imine (C=N–C) groups is 1. The van der Waals surface area contributed by atoms with E-state index in [4.69, 9.17) is 0 Å². The van der Waals surface area contributed by atoms with Crippen molar-refractivity contribution in [3.63, 3.8) is 0 Å². The molecule has 0 aliphatic carbocycles. The fourth-order valence-corrected chi connectivity index (χ4v) is 0.709. The third kappa shape index (κ3) is 4.44. The van der Waals surface area contributed by atoms with Crippen molar-refractivity contribution in [2.75, 3.05) is 6.54 Å². The molecule has 1 aromatic carbocycles. The van der Waals surface area contributed by atoms with Crippen molar-refractivity contribution in [3.8, 4) is 0 Å². The maximum atomic E-state index is 4.01. The van der Waals surface area contributed by atoms with Gasteiger partial charge in [0.1, 0.15) is 0 Å². The summed E-state index contributed by atoms with van der Waals surface area (Å²) in [5, 5.41) is 0. The van der Waals surface area contributed by atoms with Gasteiger partial charge in [0.25, 0.3) is 0 Å². The molecule has 0 N–H and O–H groups in total. The first-order chi connectivity index (χ1) is 4.93. The van der Waals surface area contributed by atoms with Crippen LogP contribution in [-0.2, 0) is 32.7 Å². The van der Waals surface area contributed by atoms with Crippen LogP contribution in [0.4, 0.5) is 0 Å². The molecule has 1 nitrogen and oxygen atoms in total. The van der Waals surface area contributed by atoms with Gasteiger partial charge in [0.05, 0.1) is 0 Å². The van der Waals surface area contributed by atoms with Crippen molar-refractivity contribution in [1.82, 2.24) is 0 Å². The fourth-order valence-electron chi connectivity index (χ4n) is 0.709. The molecule has 0 bridgehead atoms. The van der Waals surface area contributed by atoms with Gasteiger partial charge in [0, 0.05) is 38.9 Å². The van der Waals surface area contributed by atoms with Gasteiger partial charge >= 0.3 is 0 Å². The second-order valence-corrected chi connectivity index (χ2v) is 1.95. The number of benzene rings is 1. The van der Waals surface area contributed by atoms with E-state index in [9.17, 15) is 0 Å². The van der Waals surface area contributed by atoms with E-state index in [-0.39, 0.29) is 32.7 Å². The summed E-state index contributed by atoms with van der Waals surface area (Å²) in [5.74, 6) is 0. The molecule has 0 aliphatic rings. The van der Waals surface area contributed by atoms with E-state index in [0.29, 0.717) is 6.54 Å². The molecular weight excluding hydrogens is 211 g/mol. The van der Waals surface area contributed by atoms with Gasteiger partial charge in [-0.05, 0) is 5.56 Å². The molecule has 2 heteroatoms. The van der Waals surface area contributed by atoms with Crippen LogP contribution in [0.5, 0.6) is 0 Å². The first-order valence-corrected chi connectivity index (χ1v) is 3.27. The van der Waals surface area contributed by atoms with Gasteiger partial charge in [-0.2, -0.15) is 0 Å². The van der Waals surface area contributed by atoms with Crippen LogP contribution in [0.3, 0.4) is 0 Å². The topological polar surface area (TPSA) is 12.4 Å². The second kappa shape index (κ2) is 6.69. The zero-order chi connectivity index (χ0) is 7.23. The van der Waals surface area contributed by atoms with Crippen molar-refractivity contribution in [2.24, 2.45) is 4.99 Å². The molecule has 1 aromatic rings. The molecule has 0 atom stereocenters. The largest absolute Gasteiger partial charge is 0.325 e. The third-order valence-electron chi connectivity index (χ3n) is 1.17. The zero-order valence-electron chi connectivity index (χ0n) is 6.40. The van der Waals surface area contributed by atoms with Crippen molar-refractivity contribution in [2.45, 2.75) is 0 Å². The summed E-state index contributed by atoms with van der Waals surface area (Å²) in [5.41, 5.74) is 1.13.